The van der Waals surface area contributed by atoms with Crippen LogP contribution in [0.25, 0.3) is 0 Å². The van der Waals surface area contributed by atoms with Crippen LogP contribution in [-0.4, -0.2) is 73.6 Å². The molecule has 5 heteroatoms. The molecule has 0 amide bonds. The average molecular weight is 334 g/mol. The van der Waals surface area contributed by atoms with Crippen molar-refractivity contribution in [2.45, 2.75) is 38.6 Å². The SMILES string of the molecule is CN1CCC(CC#CN)CC1.CN1CCN(C(C)(C)C#CN)CC1. The monoisotopic (exact) mass is 333 g/mol. The van der Waals surface area contributed by atoms with Gasteiger partial charge in [0, 0.05) is 44.7 Å². The fourth-order valence-electron chi connectivity index (χ4n) is 3.09. The molecule has 0 saturated carbocycles. The van der Waals surface area contributed by atoms with Crippen molar-refractivity contribution in [2.24, 2.45) is 17.4 Å². The number of hydrogen-bond donors (Lipinski definition) is 2. The summed E-state index contributed by atoms with van der Waals surface area (Å²) < 4.78 is 0. The first-order valence-corrected chi connectivity index (χ1v) is 8.92. The Hall–Kier alpha value is -1.40. The van der Waals surface area contributed by atoms with Gasteiger partial charge in [0.2, 0.25) is 0 Å². The number of nitrogens with zero attached hydrogens (tertiary/aromatic N) is 3. The van der Waals surface area contributed by atoms with Crippen LogP contribution in [0.1, 0.15) is 33.1 Å². The van der Waals surface area contributed by atoms with Gasteiger partial charge in [-0.1, -0.05) is 11.8 Å². The Balaban J connectivity index is 0.000000243. The molecule has 2 rings (SSSR count). The van der Waals surface area contributed by atoms with Gasteiger partial charge in [0.1, 0.15) is 0 Å². The van der Waals surface area contributed by atoms with E-state index in [1.807, 2.05) is 0 Å². The number of piperazine rings is 1. The maximum atomic E-state index is 5.25. The van der Waals surface area contributed by atoms with Crippen LogP contribution in [0.4, 0.5) is 0 Å². The molecule has 2 fully saturated rings. The van der Waals surface area contributed by atoms with E-state index in [0.29, 0.717) is 0 Å². The van der Waals surface area contributed by atoms with E-state index in [4.69, 9.17) is 11.5 Å². The van der Waals surface area contributed by atoms with Crippen LogP contribution in [0, 0.1) is 29.8 Å². The summed E-state index contributed by atoms with van der Waals surface area (Å²) in [5.74, 6) is 6.78. The number of likely N-dealkylation sites (tertiary alicyclic amines) is 1. The number of nitrogens with two attached hydrogens (primary N) is 2. The second-order valence-electron chi connectivity index (χ2n) is 7.39. The summed E-state index contributed by atoms with van der Waals surface area (Å²) in [6.07, 6.45) is 3.56. The first-order valence-electron chi connectivity index (χ1n) is 8.92. The lowest BCUT2D eigenvalue weighted by Gasteiger charge is -2.40. The smallest absolute Gasteiger partial charge is 0.0787 e. The molecule has 0 aromatic heterocycles. The molecule has 24 heavy (non-hydrogen) atoms. The van der Waals surface area contributed by atoms with Gasteiger partial charge in [-0.2, -0.15) is 0 Å². The van der Waals surface area contributed by atoms with E-state index in [9.17, 15) is 0 Å². The molecule has 0 atom stereocenters. The van der Waals surface area contributed by atoms with Crippen molar-refractivity contribution in [1.29, 1.82) is 0 Å². The van der Waals surface area contributed by atoms with E-state index >= 15 is 0 Å². The van der Waals surface area contributed by atoms with Crippen molar-refractivity contribution < 1.29 is 0 Å². The van der Waals surface area contributed by atoms with Crippen LogP contribution in [-0.2, 0) is 0 Å². The molecule has 0 spiro atoms. The zero-order valence-corrected chi connectivity index (χ0v) is 15.9. The number of piperidine rings is 1. The van der Waals surface area contributed by atoms with Crippen molar-refractivity contribution in [3.05, 3.63) is 0 Å². The molecule has 0 unspecified atom stereocenters. The molecule has 0 aliphatic carbocycles. The predicted octanol–water partition coefficient (Wildman–Crippen LogP) is 0.570. The van der Waals surface area contributed by atoms with Gasteiger partial charge in [0.05, 0.1) is 5.54 Å². The minimum Gasteiger partial charge on any atom is -0.359 e. The Morgan fingerprint density at radius 2 is 1.42 bits per heavy atom. The largest absolute Gasteiger partial charge is 0.359 e. The lowest BCUT2D eigenvalue weighted by atomic mass is 9.94. The Kier molecular flexibility index (Phi) is 9.00. The molecule has 0 aromatic rings. The lowest BCUT2D eigenvalue weighted by Crippen LogP contribution is -2.53. The number of rotatable bonds is 2. The van der Waals surface area contributed by atoms with Gasteiger partial charge in [-0.15, -0.1) is 0 Å². The summed E-state index contributed by atoms with van der Waals surface area (Å²) in [6, 6.07) is 4.97. The van der Waals surface area contributed by atoms with Crippen molar-refractivity contribution in [1.82, 2.24) is 14.7 Å². The predicted molar refractivity (Wildman–Crippen MR) is 102 cm³/mol. The second-order valence-corrected chi connectivity index (χ2v) is 7.39. The van der Waals surface area contributed by atoms with Gasteiger partial charge < -0.3 is 21.3 Å². The molecule has 5 nitrogen and oxygen atoms in total. The van der Waals surface area contributed by atoms with E-state index in [1.54, 1.807) is 0 Å². The Morgan fingerprint density at radius 3 is 1.92 bits per heavy atom. The van der Waals surface area contributed by atoms with Crippen molar-refractivity contribution in [3.63, 3.8) is 0 Å². The fraction of sp³-hybridized carbons (Fsp3) is 0.789. The molecule has 2 aliphatic rings. The highest BCUT2D eigenvalue weighted by atomic mass is 15.3. The number of hydrogen-bond acceptors (Lipinski definition) is 5. The first-order chi connectivity index (χ1) is 11.4. The minimum atomic E-state index is -0.0734. The first kappa shape index (κ1) is 20.6. The highest BCUT2D eigenvalue weighted by Gasteiger charge is 2.27. The fourth-order valence-corrected chi connectivity index (χ4v) is 3.09. The van der Waals surface area contributed by atoms with E-state index in [1.165, 1.54) is 25.9 Å². The molecular weight excluding hydrogens is 298 g/mol. The molecule has 4 N–H and O–H groups in total. The average Bonchev–Trinajstić information content (AvgIpc) is 2.55. The molecule has 0 aromatic carbocycles. The summed E-state index contributed by atoms with van der Waals surface area (Å²) in [5.41, 5.74) is 10.3. The molecule has 0 bridgehead atoms. The van der Waals surface area contributed by atoms with Gasteiger partial charge in [0.15, 0.2) is 0 Å². The van der Waals surface area contributed by atoms with Gasteiger partial charge in [-0.05, 0) is 59.8 Å². The Morgan fingerprint density at radius 1 is 0.875 bits per heavy atom. The van der Waals surface area contributed by atoms with Crippen LogP contribution in [0.15, 0.2) is 0 Å². The van der Waals surface area contributed by atoms with Gasteiger partial charge in [-0.3, -0.25) is 4.90 Å². The van der Waals surface area contributed by atoms with Crippen LogP contribution in [0.3, 0.4) is 0 Å². The van der Waals surface area contributed by atoms with Crippen LogP contribution < -0.4 is 11.5 Å². The second kappa shape index (κ2) is 10.5. The highest BCUT2D eigenvalue weighted by Crippen LogP contribution is 2.18. The van der Waals surface area contributed by atoms with E-state index in [2.05, 4.69) is 66.6 Å². The summed E-state index contributed by atoms with van der Waals surface area (Å²) in [5, 5.41) is 0. The summed E-state index contributed by atoms with van der Waals surface area (Å²) in [4.78, 5) is 7.09. The van der Waals surface area contributed by atoms with E-state index in [0.717, 1.165) is 38.5 Å². The van der Waals surface area contributed by atoms with Crippen molar-refractivity contribution in [2.75, 3.05) is 53.4 Å². The molecule has 2 saturated heterocycles. The topological polar surface area (TPSA) is 61.8 Å². The third kappa shape index (κ3) is 7.45. The number of likely N-dealkylation sites (N-methyl/N-ethyl adjacent to an activating group) is 1. The standard InChI is InChI=1S/C10H19N3.C9H16N2/c1-10(2,4-5-11)13-8-6-12(3)7-9-13;1-11-7-4-9(5-8-11)3-2-6-10/h6-9,11H2,1-3H3;9H,3-5,7-8,10H2,1H3. The van der Waals surface area contributed by atoms with Gasteiger partial charge in [-0.25, -0.2) is 0 Å². The third-order valence-electron chi connectivity index (χ3n) is 5.00. The van der Waals surface area contributed by atoms with Crippen molar-refractivity contribution >= 4 is 0 Å². The summed E-state index contributed by atoms with van der Waals surface area (Å²) >= 11 is 0. The Labute approximate surface area is 148 Å². The zero-order chi connectivity index (χ0) is 18.0. The molecule has 0 radical (unpaired) electrons. The third-order valence-corrected chi connectivity index (χ3v) is 5.00. The van der Waals surface area contributed by atoms with Crippen LogP contribution in [0.5, 0.6) is 0 Å². The molecular formula is C19H35N5. The summed E-state index contributed by atoms with van der Waals surface area (Å²) in [7, 11) is 4.32. The summed E-state index contributed by atoms with van der Waals surface area (Å²) in [6.45, 7) is 11.1. The molecule has 2 heterocycles. The minimum absolute atomic E-state index is 0.0734. The highest BCUT2D eigenvalue weighted by molar-refractivity contribution is 5.13. The maximum absolute atomic E-state index is 5.25. The van der Waals surface area contributed by atoms with Gasteiger partial charge >= 0.3 is 0 Å². The lowest BCUT2D eigenvalue weighted by molar-refractivity contribution is 0.0946. The van der Waals surface area contributed by atoms with Crippen LogP contribution >= 0.6 is 0 Å². The normalized spacial score (nSPS) is 20.8. The van der Waals surface area contributed by atoms with Crippen LogP contribution in [0.2, 0.25) is 0 Å². The van der Waals surface area contributed by atoms with E-state index in [-0.39, 0.29) is 5.54 Å². The molecule has 136 valence electrons. The maximum Gasteiger partial charge on any atom is 0.0787 e. The zero-order valence-electron chi connectivity index (χ0n) is 15.9. The van der Waals surface area contributed by atoms with Gasteiger partial charge in [0.25, 0.3) is 0 Å². The van der Waals surface area contributed by atoms with Crippen molar-refractivity contribution in [3.8, 4) is 23.9 Å². The quantitative estimate of drug-likeness (QED) is 0.571. The van der Waals surface area contributed by atoms with E-state index < -0.39 is 0 Å². The Bertz CT molecular complexity index is 463. The molecule has 2 aliphatic heterocycles.